The lowest BCUT2D eigenvalue weighted by Gasteiger charge is -2.32. The number of hydrogen-bond acceptors (Lipinski definition) is 5. The molecule has 1 aliphatic carbocycles. The molecule has 0 atom stereocenters. The third-order valence-corrected chi connectivity index (χ3v) is 6.18. The summed E-state index contributed by atoms with van der Waals surface area (Å²) in [5.74, 6) is 0.585. The highest BCUT2D eigenvalue weighted by Gasteiger charge is 2.19. The summed E-state index contributed by atoms with van der Waals surface area (Å²) in [7, 11) is 4.01. The van der Waals surface area contributed by atoms with Gasteiger partial charge in [-0.25, -0.2) is 4.98 Å². The Balaban J connectivity index is 1.53. The molecule has 2 aromatic heterocycles. The second-order valence-electron chi connectivity index (χ2n) is 8.30. The molecule has 3 rings (SSSR count). The minimum Gasteiger partial charge on any atom is -0.344 e. The lowest BCUT2D eigenvalue weighted by molar-refractivity contribution is -0.130. The molecule has 1 fully saturated rings. The van der Waals surface area contributed by atoms with Gasteiger partial charge in [-0.3, -0.25) is 14.6 Å². The summed E-state index contributed by atoms with van der Waals surface area (Å²) in [5, 5.41) is 0. The first-order valence-electron chi connectivity index (χ1n) is 10.9. The van der Waals surface area contributed by atoms with Gasteiger partial charge in [0.05, 0.1) is 0 Å². The van der Waals surface area contributed by atoms with Crippen molar-refractivity contribution in [1.29, 1.82) is 0 Å². The summed E-state index contributed by atoms with van der Waals surface area (Å²) in [5.41, 5.74) is 1.88. The van der Waals surface area contributed by atoms with E-state index >= 15 is 0 Å². The van der Waals surface area contributed by atoms with Crippen molar-refractivity contribution in [2.45, 2.75) is 57.9 Å². The molecule has 0 radical (unpaired) electrons. The third kappa shape index (κ3) is 5.75. The first-order valence-corrected chi connectivity index (χ1v) is 10.9. The number of nitrogens with one attached hydrogen (secondary N) is 1. The Kier molecular flexibility index (Phi) is 7.74. The summed E-state index contributed by atoms with van der Waals surface area (Å²) in [6.07, 6.45) is 10.5. The molecule has 0 aromatic carbocycles. The van der Waals surface area contributed by atoms with E-state index in [4.69, 9.17) is 0 Å². The van der Waals surface area contributed by atoms with Crippen LogP contribution in [0.25, 0.3) is 11.4 Å². The molecule has 1 aliphatic rings. The standard InChI is InChI=1S/C23H33N5O2/c1-17-20(23(30)26-22(25-17)18-11-13-24-14-12-18)9-10-21(29)28(3)16-15-27(2)19-7-5-4-6-8-19/h11-14,19H,4-10,15-16H2,1-3H3,(H,25,26,30). The van der Waals surface area contributed by atoms with Gasteiger partial charge in [-0.15, -0.1) is 0 Å². The van der Waals surface area contributed by atoms with Gasteiger partial charge in [0.15, 0.2) is 0 Å². The highest BCUT2D eigenvalue weighted by molar-refractivity contribution is 5.76. The van der Waals surface area contributed by atoms with Gasteiger partial charge < -0.3 is 14.8 Å². The van der Waals surface area contributed by atoms with Crippen molar-refractivity contribution in [1.82, 2.24) is 24.8 Å². The van der Waals surface area contributed by atoms with Crippen molar-refractivity contribution in [3.05, 3.63) is 46.1 Å². The van der Waals surface area contributed by atoms with Crippen LogP contribution < -0.4 is 5.56 Å². The number of nitrogens with zero attached hydrogens (tertiary/aromatic N) is 4. The normalized spacial score (nSPS) is 14.8. The molecule has 7 nitrogen and oxygen atoms in total. The maximum absolute atomic E-state index is 12.6. The van der Waals surface area contributed by atoms with E-state index in [0.29, 0.717) is 42.5 Å². The number of amides is 1. The molecule has 2 heterocycles. The summed E-state index contributed by atoms with van der Waals surface area (Å²) >= 11 is 0. The zero-order valence-corrected chi connectivity index (χ0v) is 18.4. The summed E-state index contributed by atoms with van der Waals surface area (Å²) < 4.78 is 0. The Bertz CT molecular complexity index is 890. The smallest absolute Gasteiger partial charge is 0.254 e. The van der Waals surface area contributed by atoms with Crippen LogP contribution in [0.2, 0.25) is 0 Å². The van der Waals surface area contributed by atoms with Gasteiger partial charge in [0.1, 0.15) is 5.82 Å². The summed E-state index contributed by atoms with van der Waals surface area (Å²) in [4.78, 5) is 40.7. The molecule has 1 amide bonds. The molecular weight excluding hydrogens is 378 g/mol. The van der Waals surface area contributed by atoms with Crippen molar-refractivity contribution in [3.63, 3.8) is 0 Å². The number of H-pyrrole nitrogens is 1. The Hall–Kier alpha value is -2.54. The first-order chi connectivity index (χ1) is 14.5. The maximum atomic E-state index is 12.6. The third-order valence-electron chi connectivity index (χ3n) is 6.18. The molecule has 162 valence electrons. The van der Waals surface area contributed by atoms with Crippen LogP contribution in [0.3, 0.4) is 0 Å². The number of hydrogen-bond donors (Lipinski definition) is 1. The van der Waals surface area contributed by atoms with E-state index in [1.165, 1.54) is 32.1 Å². The number of rotatable bonds is 8. The minimum absolute atomic E-state index is 0.0593. The number of pyridine rings is 1. The fraction of sp³-hybridized carbons (Fsp3) is 0.565. The van der Waals surface area contributed by atoms with Crippen LogP contribution in [0, 0.1) is 6.92 Å². The molecule has 7 heteroatoms. The highest BCUT2D eigenvalue weighted by Crippen LogP contribution is 2.21. The van der Waals surface area contributed by atoms with Crippen LogP contribution in [0.5, 0.6) is 0 Å². The lowest BCUT2D eigenvalue weighted by atomic mass is 9.94. The Morgan fingerprint density at radius 1 is 1.13 bits per heavy atom. The predicted octanol–water partition coefficient (Wildman–Crippen LogP) is 2.80. The van der Waals surface area contributed by atoms with Gasteiger partial charge in [-0.05, 0) is 45.4 Å². The van der Waals surface area contributed by atoms with Gasteiger partial charge in [0, 0.05) is 61.8 Å². The molecule has 1 N–H and O–H groups in total. The fourth-order valence-electron chi connectivity index (χ4n) is 4.11. The number of carbonyl (C=O) groups excluding carboxylic acids is 1. The van der Waals surface area contributed by atoms with Gasteiger partial charge in [0.25, 0.3) is 5.56 Å². The number of aromatic nitrogens is 3. The Morgan fingerprint density at radius 3 is 2.50 bits per heavy atom. The fourth-order valence-corrected chi connectivity index (χ4v) is 4.11. The molecule has 2 aromatic rings. The second kappa shape index (κ2) is 10.5. The SMILES string of the molecule is Cc1nc(-c2ccncc2)[nH]c(=O)c1CCC(=O)N(C)CCN(C)C1CCCCC1. The molecule has 0 saturated heterocycles. The van der Waals surface area contributed by atoms with E-state index in [2.05, 4.69) is 26.9 Å². The molecule has 0 bridgehead atoms. The van der Waals surface area contributed by atoms with E-state index in [-0.39, 0.29) is 11.5 Å². The Labute approximate surface area is 178 Å². The van der Waals surface area contributed by atoms with Crippen molar-refractivity contribution >= 4 is 5.91 Å². The van der Waals surface area contributed by atoms with Crippen LogP contribution in [-0.2, 0) is 11.2 Å². The minimum atomic E-state index is -0.179. The van der Waals surface area contributed by atoms with E-state index in [9.17, 15) is 9.59 Å². The van der Waals surface area contributed by atoms with Crippen LogP contribution in [0.1, 0.15) is 49.8 Å². The van der Waals surface area contributed by atoms with E-state index in [1.54, 1.807) is 29.4 Å². The average Bonchev–Trinajstić information content (AvgIpc) is 2.77. The van der Waals surface area contributed by atoms with Gasteiger partial charge >= 0.3 is 0 Å². The van der Waals surface area contributed by atoms with Crippen LogP contribution in [-0.4, -0.2) is 63.9 Å². The van der Waals surface area contributed by atoms with Crippen molar-refractivity contribution in [2.75, 3.05) is 27.2 Å². The van der Waals surface area contributed by atoms with Crippen LogP contribution >= 0.6 is 0 Å². The molecule has 0 unspecified atom stereocenters. The van der Waals surface area contributed by atoms with E-state index in [0.717, 1.165) is 12.1 Å². The number of carbonyl (C=O) groups is 1. The second-order valence-corrected chi connectivity index (χ2v) is 8.30. The van der Waals surface area contributed by atoms with Crippen molar-refractivity contribution in [3.8, 4) is 11.4 Å². The summed E-state index contributed by atoms with van der Waals surface area (Å²) in [6.45, 7) is 3.41. The van der Waals surface area contributed by atoms with Gasteiger partial charge in [-0.1, -0.05) is 19.3 Å². The molecule has 30 heavy (non-hydrogen) atoms. The molecule has 0 spiro atoms. The Morgan fingerprint density at radius 2 is 1.83 bits per heavy atom. The molecule has 0 aliphatic heterocycles. The van der Waals surface area contributed by atoms with E-state index < -0.39 is 0 Å². The maximum Gasteiger partial charge on any atom is 0.254 e. The van der Waals surface area contributed by atoms with Gasteiger partial charge in [-0.2, -0.15) is 0 Å². The van der Waals surface area contributed by atoms with Crippen molar-refractivity contribution < 1.29 is 4.79 Å². The van der Waals surface area contributed by atoms with E-state index in [1.807, 2.05) is 14.0 Å². The van der Waals surface area contributed by atoms with Gasteiger partial charge in [0.2, 0.25) is 5.91 Å². The number of aromatic amines is 1. The zero-order valence-electron chi connectivity index (χ0n) is 18.4. The largest absolute Gasteiger partial charge is 0.344 e. The average molecular weight is 412 g/mol. The van der Waals surface area contributed by atoms with Crippen LogP contribution in [0.15, 0.2) is 29.3 Å². The lowest BCUT2D eigenvalue weighted by Crippen LogP contribution is -2.40. The monoisotopic (exact) mass is 411 g/mol. The topological polar surface area (TPSA) is 82.2 Å². The highest BCUT2D eigenvalue weighted by atomic mass is 16.2. The first kappa shape index (κ1) is 22.2. The number of likely N-dealkylation sites (N-methyl/N-ethyl adjacent to an activating group) is 2. The van der Waals surface area contributed by atoms with Crippen LogP contribution in [0.4, 0.5) is 0 Å². The zero-order chi connectivity index (χ0) is 21.5. The molecule has 1 saturated carbocycles. The quantitative estimate of drug-likeness (QED) is 0.722. The van der Waals surface area contributed by atoms with Crippen molar-refractivity contribution in [2.24, 2.45) is 0 Å². The molecular formula is C23H33N5O2. The predicted molar refractivity (Wildman–Crippen MR) is 118 cm³/mol. The number of aryl methyl sites for hydroxylation is 1. The summed E-state index contributed by atoms with van der Waals surface area (Å²) in [6, 6.07) is 4.26.